The van der Waals surface area contributed by atoms with Crippen molar-refractivity contribution >= 4 is 40.3 Å². The second-order valence-corrected chi connectivity index (χ2v) is 6.20. The Balaban J connectivity index is 1.79. The van der Waals surface area contributed by atoms with Crippen molar-refractivity contribution in [3.8, 4) is 0 Å². The summed E-state index contributed by atoms with van der Waals surface area (Å²) in [6.07, 6.45) is 1.68. The number of aliphatic imine (C=N–C) groups is 1. The van der Waals surface area contributed by atoms with E-state index in [1.807, 2.05) is 31.2 Å². The lowest BCUT2D eigenvalue weighted by Gasteiger charge is -1.97. The Morgan fingerprint density at radius 1 is 1.12 bits per heavy atom. The van der Waals surface area contributed by atoms with Gasteiger partial charge >= 0.3 is 0 Å². The van der Waals surface area contributed by atoms with Crippen molar-refractivity contribution in [3.63, 3.8) is 0 Å². The van der Waals surface area contributed by atoms with Crippen LogP contribution in [0.1, 0.15) is 11.1 Å². The SMILES string of the molecule is Cc1ccc(N=C2NC(=O)/C(=C\c3ccc([N+](=O)[O-])cc3)S2)cc1. The topological polar surface area (TPSA) is 84.6 Å². The van der Waals surface area contributed by atoms with Crippen LogP contribution in [0.4, 0.5) is 11.4 Å². The van der Waals surface area contributed by atoms with Crippen LogP contribution >= 0.6 is 11.8 Å². The van der Waals surface area contributed by atoms with Crippen LogP contribution in [0.25, 0.3) is 6.08 Å². The van der Waals surface area contributed by atoms with E-state index in [0.717, 1.165) is 16.8 Å². The molecule has 1 amide bonds. The van der Waals surface area contributed by atoms with Gasteiger partial charge in [-0.2, -0.15) is 0 Å². The Bertz CT molecular complexity index is 856. The molecule has 0 bridgehead atoms. The monoisotopic (exact) mass is 339 g/mol. The quantitative estimate of drug-likeness (QED) is 0.524. The van der Waals surface area contributed by atoms with Gasteiger partial charge in [0, 0.05) is 12.1 Å². The van der Waals surface area contributed by atoms with Gasteiger partial charge in [0.2, 0.25) is 0 Å². The molecule has 3 rings (SSSR count). The van der Waals surface area contributed by atoms with Gasteiger partial charge in [0.05, 0.1) is 15.5 Å². The summed E-state index contributed by atoms with van der Waals surface area (Å²) < 4.78 is 0. The highest BCUT2D eigenvalue weighted by molar-refractivity contribution is 8.18. The molecule has 0 spiro atoms. The Labute approximate surface area is 142 Å². The number of aryl methyl sites for hydroxylation is 1. The van der Waals surface area contributed by atoms with Crippen LogP contribution in [0, 0.1) is 17.0 Å². The van der Waals surface area contributed by atoms with Crippen LogP contribution in [0.5, 0.6) is 0 Å². The number of nitro groups is 1. The number of nitrogens with zero attached hydrogens (tertiary/aromatic N) is 2. The molecule has 0 radical (unpaired) electrons. The lowest BCUT2D eigenvalue weighted by Crippen LogP contribution is -2.19. The molecule has 1 saturated heterocycles. The van der Waals surface area contributed by atoms with E-state index in [1.165, 1.54) is 23.9 Å². The third-order valence-corrected chi connectivity index (χ3v) is 4.23. The lowest BCUT2D eigenvalue weighted by atomic mass is 10.2. The first-order valence-corrected chi connectivity index (χ1v) is 7.93. The second-order valence-electron chi connectivity index (χ2n) is 5.17. The molecule has 1 heterocycles. The van der Waals surface area contributed by atoms with E-state index in [4.69, 9.17) is 0 Å². The minimum absolute atomic E-state index is 0.0160. The summed E-state index contributed by atoms with van der Waals surface area (Å²) in [6, 6.07) is 13.7. The van der Waals surface area contributed by atoms with Crippen molar-refractivity contribution in [2.24, 2.45) is 4.99 Å². The van der Waals surface area contributed by atoms with E-state index in [0.29, 0.717) is 10.1 Å². The zero-order valence-corrected chi connectivity index (χ0v) is 13.5. The summed E-state index contributed by atoms with van der Waals surface area (Å²) in [4.78, 5) is 27.1. The van der Waals surface area contributed by atoms with Gasteiger partial charge in [0.25, 0.3) is 11.6 Å². The third kappa shape index (κ3) is 3.69. The normalized spacial score (nSPS) is 17.3. The number of amides is 1. The molecule has 0 unspecified atom stereocenters. The van der Waals surface area contributed by atoms with E-state index in [1.54, 1.807) is 18.2 Å². The molecule has 1 fully saturated rings. The highest BCUT2D eigenvalue weighted by atomic mass is 32.2. The van der Waals surface area contributed by atoms with Gasteiger partial charge < -0.3 is 5.32 Å². The van der Waals surface area contributed by atoms with Gasteiger partial charge in [-0.3, -0.25) is 14.9 Å². The molecule has 120 valence electrons. The van der Waals surface area contributed by atoms with Gasteiger partial charge in [-0.05, 0) is 54.6 Å². The average molecular weight is 339 g/mol. The van der Waals surface area contributed by atoms with Crippen LogP contribution in [-0.4, -0.2) is 16.0 Å². The maximum absolute atomic E-state index is 12.0. The molecule has 1 aliphatic heterocycles. The number of benzene rings is 2. The molecule has 2 aromatic carbocycles. The second kappa shape index (κ2) is 6.67. The van der Waals surface area contributed by atoms with Gasteiger partial charge in [0.1, 0.15) is 0 Å². The van der Waals surface area contributed by atoms with Gasteiger partial charge in [-0.15, -0.1) is 0 Å². The zero-order chi connectivity index (χ0) is 17.1. The van der Waals surface area contributed by atoms with E-state index in [2.05, 4.69) is 10.3 Å². The van der Waals surface area contributed by atoms with Gasteiger partial charge in [-0.25, -0.2) is 4.99 Å². The molecule has 6 nitrogen and oxygen atoms in total. The highest BCUT2D eigenvalue weighted by Crippen LogP contribution is 2.28. The molecule has 1 aliphatic rings. The van der Waals surface area contributed by atoms with E-state index < -0.39 is 4.92 Å². The standard InChI is InChI=1S/C17H13N3O3S/c1-11-2-6-13(7-3-11)18-17-19-16(21)15(24-17)10-12-4-8-14(9-5-12)20(22)23/h2-10H,1H3,(H,18,19,21)/b15-10+. The van der Waals surface area contributed by atoms with Crippen LogP contribution < -0.4 is 5.32 Å². The summed E-state index contributed by atoms with van der Waals surface area (Å²) in [6.45, 7) is 1.99. The van der Waals surface area contributed by atoms with Crippen molar-refractivity contribution in [1.82, 2.24) is 5.32 Å². The van der Waals surface area contributed by atoms with E-state index in [-0.39, 0.29) is 11.6 Å². The molecule has 1 N–H and O–H groups in total. The van der Waals surface area contributed by atoms with Crippen molar-refractivity contribution in [2.45, 2.75) is 6.92 Å². The summed E-state index contributed by atoms with van der Waals surface area (Å²) in [5.41, 5.74) is 2.64. The Morgan fingerprint density at radius 3 is 2.42 bits per heavy atom. The summed E-state index contributed by atoms with van der Waals surface area (Å²) in [5, 5.41) is 13.9. The number of rotatable bonds is 3. The van der Waals surface area contributed by atoms with Crippen LogP contribution in [0.2, 0.25) is 0 Å². The molecule has 0 saturated carbocycles. The average Bonchev–Trinajstić information content (AvgIpc) is 2.89. The zero-order valence-electron chi connectivity index (χ0n) is 12.7. The summed E-state index contributed by atoms with van der Waals surface area (Å²) in [7, 11) is 0. The fraction of sp³-hybridized carbons (Fsp3) is 0.0588. The number of non-ortho nitro benzene ring substituents is 1. The number of amidine groups is 1. The van der Waals surface area contributed by atoms with E-state index >= 15 is 0 Å². The number of thioether (sulfide) groups is 1. The molecule has 24 heavy (non-hydrogen) atoms. The Kier molecular flexibility index (Phi) is 4.43. The largest absolute Gasteiger partial charge is 0.300 e. The predicted octanol–water partition coefficient (Wildman–Crippen LogP) is 3.79. The first-order chi connectivity index (χ1) is 11.5. The Morgan fingerprint density at radius 2 is 1.79 bits per heavy atom. The highest BCUT2D eigenvalue weighted by Gasteiger charge is 2.23. The minimum atomic E-state index is -0.458. The molecule has 2 aromatic rings. The first kappa shape index (κ1) is 15.9. The van der Waals surface area contributed by atoms with Crippen LogP contribution in [-0.2, 0) is 4.79 Å². The van der Waals surface area contributed by atoms with Crippen molar-refractivity contribution in [3.05, 3.63) is 74.7 Å². The van der Waals surface area contributed by atoms with Gasteiger partial charge in [-0.1, -0.05) is 17.7 Å². The fourth-order valence-corrected chi connectivity index (χ4v) is 2.90. The number of carbonyl (C=O) groups is 1. The molecular weight excluding hydrogens is 326 g/mol. The maximum Gasteiger partial charge on any atom is 0.269 e. The molecule has 0 atom stereocenters. The number of nitro benzene ring substituents is 1. The minimum Gasteiger partial charge on any atom is -0.300 e. The molecule has 7 heteroatoms. The number of hydrogen-bond acceptors (Lipinski definition) is 5. The third-order valence-electron chi connectivity index (χ3n) is 3.32. The van der Waals surface area contributed by atoms with E-state index in [9.17, 15) is 14.9 Å². The molecular formula is C17H13N3O3S. The van der Waals surface area contributed by atoms with Crippen LogP contribution in [0.15, 0.2) is 58.4 Å². The first-order valence-electron chi connectivity index (χ1n) is 7.12. The van der Waals surface area contributed by atoms with Crippen molar-refractivity contribution < 1.29 is 9.72 Å². The summed E-state index contributed by atoms with van der Waals surface area (Å²) in [5.74, 6) is -0.232. The number of hydrogen-bond donors (Lipinski definition) is 1. The van der Waals surface area contributed by atoms with Gasteiger partial charge in [0.15, 0.2) is 5.17 Å². The van der Waals surface area contributed by atoms with Crippen molar-refractivity contribution in [1.29, 1.82) is 0 Å². The van der Waals surface area contributed by atoms with Crippen LogP contribution in [0.3, 0.4) is 0 Å². The number of carbonyl (C=O) groups excluding carboxylic acids is 1. The molecule has 0 aliphatic carbocycles. The smallest absolute Gasteiger partial charge is 0.269 e. The molecule has 0 aromatic heterocycles. The Hall–Kier alpha value is -2.93. The fourth-order valence-electron chi connectivity index (χ4n) is 2.06. The number of nitrogens with one attached hydrogen (secondary N) is 1. The maximum atomic E-state index is 12.0. The lowest BCUT2D eigenvalue weighted by molar-refractivity contribution is -0.384. The predicted molar refractivity (Wildman–Crippen MR) is 95.1 cm³/mol. The summed E-state index contributed by atoms with van der Waals surface area (Å²) >= 11 is 1.24. The van der Waals surface area contributed by atoms with Crippen molar-refractivity contribution in [2.75, 3.05) is 0 Å².